The van der Waals surface area contributed by atoms with Gasteiger partial charge in [0, 0.05) is 38.0 Å². The molecule has 144 valence electrons. The number of nitrogens with one attached hydrogen (secondary N) is 2. The van der Waals surface area contributed by atoms with Crippen LogP contribution in [0.2, 0.25) is 0 Å². The molecule has 26 heavy (non-hydrogen) atoms. The topological polar surface area (TPSA) is 61.4 Å². The third kappa shape index (κ3) is 4.32. The molecular weight excluding hydrogens is 364 g/mol. The summed E-state index contributed by atoms with van der Waals surface area (Å²) in [4.78, 5) is 26.1. The highest BCUT2D eigenvalue weighted by molar-refractivity contribution is 5.89. The molecular formula is C18H24ClF2N3O2. The predicted octanol–water partition coefficient (Wildman–Crippen LogP) is 1.82. The Balaban J connectivity index is 0.00000243. The van der Waals surface area contributed by atoms with E-state index in [1.807, 2.05) is 6.92 Å². The number of rotatable bonds is 4. The highest BCUT2D eigenvalue weighted by atomic mass is 35.5. The summed E-state index contributed by atoms with van der Waals surface area (Å²) in [5, 5.41) is 6.24. The smallest absolute Gasteiger partial charge is 0.225 e. The van der Waals surface area contributed by atoms with Crippen LogP contribution in [0.25, 0.3) is 0 Å². The summed E-state index contributed by atoms with van der Waals surface area (Å²) in [7, 11) is 0. The van der Waals surface area contributed by atoms with Crippen molar-refractivity contribution in [2.24, 2.45) is 5.92 Å². The molecule has 0 aliphatic carbocycles. The van der Waals surface area contributed by atoms with Gasteiger partial charge in [0.2, 0.25) is 11.8 Å². The van der Waals surface area contributed by atoms with Crippen molar-refractivity contribution in [3.05, 3.63) is 35.4 Å². The molecule has 0 aromatic heterocycles. The Labute approximate surface area is 157 Å². The van der Waals surface area contributed by atoms with Gasteiger partial charge in [-0.3, -0.25) is 9.59 Å². The summed E-state index contributed by atoms with van der Waals surface area (Å²) in [5.41, 5.74) is 0.684. The number of carbonyl (C=O) groups excluding carboxylic acids is 2. The molecule has 2 aliphatic rings. The molecule has 3 unspecified atom stereocenters. The van der Waals surface area contributed by atoms with Gasteiger partial charge in [0.15, 0.2) is 11.6 Å². The minimum Gasteiger partial charge on any atom is -0.351 e. The molecule has 3 atom stereocenters. The zero-order chi connectivity index (χ0) is 18.0. The Morgan fingerprint density at radius 1 is 1.35 bits per heavy atom. The Morgan fingerprint density at radius 2 is 2.12 bits per heavy atom. The minimum absolute atomic E-state index is 0. The van der Waals surface area contributed by atoms with E-state index in [0.717, 1.165) is 19.0 Å². The summed E-state index contributed by atoms with van der Waals surface area (Å²) < 4.78 is 26.8. The maximum atomic E-state index is 13.6. The fraction of sp³-hybridized carbons (Fsp3) is 0.556. The number of benzene rings is 1. The monoisotopic (exact) mass is 387 g/mol. The Bertz CT molecular complexity index is 674. The van der Waals surface area contributed by atoms with Gasteiger partial charge in [-0.15, -0.1) is 12.4 Å². The predicted molar refractivity (Wildman–Crippen MR) is 96.1 cm³/mol. The van der Waals surface area contributed by atoms with Gasteiger partial charge in [-0.1, -0.05) is 6.07 Å². The van der Waals surface area contributed by atoms with Gasteiger partial charge in [0.05, 0.1) is 5.92 Å². The number of piperidine rings is 1. The standard InChI is InChI=1S/C18H23F2N3O2.ClH/c1-2-23-10-12(8-17(23)24)18(25)22-16-9-21-6-5-13(16)11-3-4-14(19)15(20)7-11;/h3-4,7,12-13,16,21H,2,5-6,8-10H2,1H3,(H,22,25);1H. The maximum absolute atomic E-state index is 13.6. The van der Waals surface area contributed by atoms with Crippen LogP contribution in [0.3, 0.4) is 0 Å². The minimum atomic E-state index is -0.874. The molecule has 0 bridgehead atoms. The lowest BCUT2D eigenvalue weighted by atomic mass is 9.85. The van der Waals surface area contributed by atoms with Crippen molar-refractivity contribution < 1.29 is 18.4 Å². The molecule has 1 aromatic carbocycles. The fourth-order valence-electron chi connectivity index (χ4n) is 3.71. The first-order valence-corrected chi connectivity index (χ1v) is 8.73. The van der Waals surface area contributed by atoms with Crippen molar-refractivity contribution in [3.63, 3.8) is 0 Å². The van der Waals surface area contributed by atoms with Crippen LogP contribution in [0.15, 0.2) is 18.2 Å². The molecule has 2 aliphatic heterocycles. The third-order valence-electron chi connectivity index (χ3n) is 5.15. The summed E-state index contributed by atoms with van der Waals surface area (Å²) in [5.74, 6) is -2.32. The molecule has 2 amide bonds. The van der Waals surface area contributed by atoms with Gasteiger partial charge in [0.1, 0.15) is 0 Å². The van der Waals surface area contributed by atoms with Crippen LogP contribution in [0.1, 0.15) is 31.2 Å². The van der Waals surface area contributed by atoms with E-state index in [2.05, 4.69) is 10.6 Å². The zero-order valence-corrected chi connectivity index (χ0v) is 15.5. The number of hydrogen-bond donors (Lipinski definition) is 2. The van der Waals surface area contributed by atoms with Crippen molar-refractivity contribution in [2.75, 3.05) is 26.2 Å². The van der Waals surface area contributed by atoms with Crippen molar-refractivity contribution >= 4 is 24.2 Å². The fourth-order valence-corrected chi connectivity index (χ4v) is 3.71. The Hall–Kier alpha value is -1.73. The lowest BCUT2D eigenvalue weighted by Crippen LogP contribution is -2.51. The second kappa shape index (κ2) is 8.77. The third-order valence-corrected chi connectivity index (χ3v) is 5.15. The number of hydrogen-bond acceptors (Lipinski definition) is 3. The van der Waals surface area contributed by atoms with Gasteiger partial charge < -0.3 is 15.5 Å². The van der Waals surface area contributed by atoms with Gasteiger partial charge in [0.25, 0.3) is 0 Å². The lowest BCUT2D eigenvalue weighted by Gasteiger charge is -2.34. The highest BCUT2D eigenvalue weighted by Crippen LogP contribution is 2.28. The van der Waals surface area contributed by atoms with Crippen LogP contribution in [-0.4, -0.2) is 48.9 Å². The molecule has 2 N–H and O–H groups in total. The number of carbonyl (C=O) groups is 2. The molecule has 0 spiro atoms. The molecule has 0 saturated carbocycles. The van der Waals surface area contributed by atoms with Crippen LogP contribution in [-0.2, 0) is 9.59 Å². The van der Waals surface area contributed by atoms with E-state index < -0.39 is 11.6 Å². The van der Waals surface area contributed by atoms with Crippen molar-refractivity contribution in [2.45, 2.75) is 31.7 Å². The van der Waals surface area contributed by atoms with Crippen LogP contribution in [0.5, 0.6) is 0 Å². The van der Waals surface area contributed by atoms with Crippen LogP contribution < -0.4 is 10.6 Å². The van der Waals surface area contributed by atoms with Crippen molar-refractivity contribution in [1.82, 2.24) is 15.5 Å². The van der Waals surface area contributed by atoms with Gasteiger partial charge >= 0.3 is 0 Å². The first-order chi connectivity index (χ1) is 12.0. The van der Waals surface area contributed by atoms with E-state index in [1.165, 1.54) is 6.07 Å². The molecule has 3 rings (SSSR count). The van der Waals surface area contributed by atoms with Crippen LogP contribution >= 0.6 is 12.4 Å². The number of nitrogens with zero attached hydrogens (tertiary/aromatic N) is 1. The first-order valence-electron chi connectivity index (χ1n) is 8.73. The average Bonchev–Trinajstić information content (AvgIpc) is 2.99. The van der Waals surface area contributed by atoms with E-state index in [0.29, 0.717) is 25.2 Å². The number of halogens is 3. The molecule has 5 nitrogen and oxygen atoms in total. The van der Waals surface area contributed by atoms with Gasteiger partial charge in [-0.05, 0) is 37.6 Å². The summed E-state index contributed by atoms with van der Waals surface area (Å²) in [6, 6.07) is 3.70. The van der Waals surface area contributed by atoms with E-state index >= 15 is 0 Å². The Morgan fingerprint density at radius 3 is 2.77 bits per heavy atom. The molecule has 0 radical (unpaired) electrons. The summed E-state index contributed by atoms with van der Waals surface area (Å²) in [6.07, 6.45) is 0.955. The molecule has 2 heterocycles. The highest BCUT2D eigenvalue weighted by Gasteiger charge is 2.36. The summed E-state index contributed by atoms with van der Waals surface area (Å²) >= 11 is 0. The largest absolute Gasteiger partial charge is 0.351 e. The lowest BCUT2D eigenvalue weighted by molar-refractivity contribution is -0.129. The van der Waals surface area contributed by atoms with Gasteiger partial charge in [-0.2, -0.15) is 0 Å². The quantitative estimate of drug-likeness (QED) is 0.828. The number of amides is 2. The maximum Gasteiger partial charge on any atom is 0.225 e. The average molecular weight is 388 g/mol. The van der Waals surface area contributed by atoms with Crippen molar-refractivity contribution in [1.29, 1.82) is 0 Å². The number of likely N-dealkylation sites (tertiary alicyclic amines) is 1. The van der Waals surface area contributed by atoms with E-state index in [1.54, 1.807) is 11.0 Å². The molecule has 8 heteroatoms. The Kier molecular flexibility index (Phi) is 6.94. The SMILES string of the molecule is CCN1CC(C(=O)NC2CNCCC2c2ccc(F)c(F)c2)CC1=O.Cl. The molecule has 2 fully saturated rings. The summed E-state index contributed by atoms with van der Waals surface area (Å²) in [6.45, 7) is 4.25. The molecule has 1 aromatic rings. The van der Waals surface area contributed by atoms with Gasteiger partial charge in [-0.25, -0.2) is 8.78 Å². The second-order valence-corrected chi connectivity index (χ2v) is 6.72. The van der Waals surface area contributed by atoms with E-state index in [-0.39, 0.29) is 48.5 Å². The zero-order valence-electron chi connectivity index (χ0n) is 14.6. The normalized spacial score (nSPS) is 25.7. The van der Waals surface area contributed by atoms with E-state index in [9.17, 15) is 18.4 Å². The second-order valence-electron chi connectivity index (χ2n) is 6.72. The van der Waals surface area contributed by atoms with Crippen molar-refractivity contribution in [3.8, 4) is 0 Å². The van der Waals surface area contributed by atoms with Crippen LogP contribution in [0, 0.1) is 17.6 Å². The van der Waals surface area contributed by atoms with Crippen LogP contribution in [0.4, 0.5) is 8.78 Å². The molecule has 2 saturated heterocycles. The first kappa shape index (κ1) is 20.6. The van der Waals surface area contributed by atoms with E-state index in [4.69, 9.17) is 0 Å².